The molecule has 1 unspecified atom stereocenters. The number of hydrogen-bond donors (Lipinski definition) is 3. The van der Waals surface area contributed by atoms with Crippen molar-refractivity contribution >= 4 is 11.8 Å². The second-order valence-corrected chi connectivity index (χ2v) is 5.43. The molecule has 122 valence electrons. The fourth-order valence-corrected chi connectivity index (χ4v) is 2.06. The van der Waals surface area contributed by atoms with E-state index >= 15 is 0 Å². The maximum absolute atomic E-state index is 12.2. The molecule has 0 saturated carbocycles. The minimum absolute atomic E-state index is 0.0454. The molecule has 0 radical (unpaired) electrons. The standard InChI is InChI=1S/C17H20N2O4/c1-11(2)18-16(21)12-5-7-13(8-6-12)17(22)19-14(10-20)15-4-3-9-23-15/h3-9,11,14,20H,10H2,1-2H3,(H,18,21)(H,19,22). The Kier molecular flexibility index (Phi) is 5.54. The van der Waals surface area contributed by atoms with Crippen LogP contribution >= 0.6 is 0 Å². The fraction of sp³-hybridized carbons (Fsp3) is 0.294. The molecule has 0 saturated heterocycles. The molecular formula is C17H20N2O4. The summed E-state index contributed by atoms with van der Waals surface area (Å²) in [5.74, 6) is -0.0548. The third-order valence-corrected chi connectivity index (χ3v) is 3.20. The zero-order valence-electron chi connectivity index (χ0n) is 13.1. The van der Waals surface area contributed by atoms with Crippen LogP contribution < -0.4 is 10.6 Å². The number of rotatable bonds is 6. The van der Waals surface area contributed by atoms with Gasteiger partial charge in [0.1, 0.15) is 11.8 Å². The Morgan fingerprint density at radius 1 is 1.04 bits per heavy atom. The molecule has 0 aliphatic carbocycles. The molecule has 2 rings (SSSR count). The number of carbonyl (C=O) groups excluding carboxylic acids is 2. The van der Waals surface area contributed by atoms with Crippen LogP contribution in [0.5, 0.6) is 0 Å². The Balaban J connectivity index is 2.04. The number of nitrogens with one attached hydrogen (secondary N) is 2. The number of hydrogen-bond acceptors (Lipinski definition) is 4. The van der Waals surface area contributed by atoms with Crippen LogP contribution in [-0.4, -0.2) is 29.6 Å². The van der Waals surface area contributed by atoms with Gasteiger partial charge in [-0.25, -0.2) is 0 Å². The summed E-state index contributed by atoms with van der Waals surface area (Å²) in [5.41, 5.74) is 0.885. The van der Waals surface area contributed by atoms with Gasteiger partial charge < -0.3 is 20.2 Å². The van der Waals surface area contributed by atoms with E-state index in [0.717, 1.165) is 0 Å². The molecule has 3 N–H and O–H groups in total. The van der Waals surface area contributed by atoms with Gasteiger partial charge >= 0.3 is 0 Å². The van der Waals surface area contributed by atoms with E-state index < -0.39 is 6.04 Å². The molecule has 6 nitrogen and oxygen atoms in total. The highest BCUT2D eigenvalue weighted by Gasteiger charge is 2.17. The van der Waals surface area contributed by atoms with E-state index in [9.17, 15) is 14.7 Å². The third-order valence-electron chi connectivity index (χ3n) is 3.20. The molecule has 1 atom stereocenters. The van der Waals surface area contributed by atoms with Crippen molar-refractivity contribution in [2.75, 3.05) is 6.61 Å². The summed E-state index contributed by atoms with van der Waals surface area (Å²) in [6, 6.07) is 9.13. The van der Waals surface area contributed by atoms with E-state index in [1.807, 2.05) is 13.8 Å². The van der Waals surface area contributed by atoms with E-state index in [-0.39, 0.29) is 24.5 Å². The van der Waals surface area contributed by atoms with E-state index in [4.69, 9.17) is 4.42 Å². The van der Waals surface area contributed by atoms with Crippen LogP contribution in [0.3, 0.4) is 0 Å². The van der Waals surface area contributed by atoms with Crippen molar-refractivity contribution in [1.29, 1.82) is 0 Å². The van der Waals surface area contributed by atoms with Crippen molar-refractivity contribution < 1.29 is 19.1 Å². The summed E-state index contributed by atoms with van der Waals surface area (Å²) in [4.78, 5) is 24.1. The average Bonchev–Trinajstić information content (AvgIpc) is 3.06. The summed E-state index contributed by atoms with van der Waals surface area (Å²) >= 11 is 0. The lowest BCUT2D eigenvalue weighted by Crippen LogP contribution is -2.31. The van der Waals surface area contributed by atoms with Crippen molar-refractivity contribution in [2.24, 2.45) is 0 Å². The SMILES string of the molecule is CC(C)NC(=O)c1ccc(C(=O)NC(CO)c2ccco2)cc1. The average molecular weight is 316 g/mol. The van der Waals surface area contributed by atoms with E-state index in [1.165, 1.54) is 6.26 Å². The van der Waals surface area contributed by atoms with Crippen molar-refractivity contribution in [2.45, 2.75) is 25.9 Å². The first-order chi connectivity index (χ1) is 11.0. The van der Waals surface area contributed by atoms with E-state index in [1.54, 1.807) is 36.4 Å². The van der Waals surface area contributed by atoms with Crippen LogP contribution in [-0.2, 0) is 0 Å². The Morgan fingerprint density at radius 3 is 2.04 bits per heavy atom. The van der Waals surface area contributed by atoms with Crippen LogP contribution in [0.1, 0.15) is 46.4 Å². The van der Waals surface area contributed by atoms with E-state index in [0.29, 0.717) is 16.9 Å². The van der Waals surface area contributed by atoms with Crippen LogP contribution in [0.4, 0.5) is 0 Å². The van der Waals surface area contributed by atoms with Crippen molar-refractivity contribution in [1.82, 2.24) is 10.6 Å². The zero-order valence-corrected chi connectivity index (χ0v) is 13.1. The Hall–Kier alpha value is -2.60. The van der Waals surface area contributed by atoms with Gasteiger partial charge in [0.2, 0.25) is 0 Å². The van der Waals surface area contributed by atoms with Gasteiger partial charge in [-0.15, -0.1) is 0 Å². The third kappa shape index (κ3) is 4.43. The normalized spacial score (nSPS) is 12.0. The lowest BCUT2D eigenvalue weighted by molar-refractivity contribution is 0.0904. The summed E-state index contributed by atoms with van der Waals surface area (Å²) in [7, 11) is 0. The predicted octanol–water partition coefficient (Wildman–Crippen LogP) is 1.88. The molecule has 1 heterocycles. The minimum atomic E-state index is -0.610. The second-order valence-electron chi connectivity index (χ2n) is 5.43. The number of amides is 2. The predicted molar refractivity (Wildman–Crippen MR) is 85.0 cm³/mol. The molecule has 1 aromatic carbocycles. The van der Waals surface area contributed by atoms with Crippen molar-refractivity contribution in [3.63, 3.8) is 0 Å². The largest absolute Gasteiger partial charge is 0.467 e. The van der Waals surface area contributed by atoms with Crippen LogP contribution in [0.2, 0.25) is 0 Å². The molecule has 0 bridgehead atoms. The first-order valence-electron chi connectivity index (χ1n) is 7.37. The lowest BCUT2D eigenvalue weighted by Gasteiger charge is -2.14. The molecule has 2 aromatic rings. The molecule has 0 aliphatic heterocycles. The molecular weight excluding hydrogens is 296 g/mol. The summed E-state index contributed by atoms with van der Waals surface area (Å²) in [5, 5.41) is 14.8. The van der Waals surface area contributed by atoms with Gasteiger partial charge in [0, 0.05) is 17.2 Å². The molecule has 0 spiro atoms. The van der Waals surface area contributed by atoms with Crippen molar-refractivity contribution in [3.8, 4) is 0 Å². The maximum Gasteiger partial charge on any atom is 0.251 e. The highest BCUT2D eigenvalue weighted by atomic mass is 16.3. The molecule has 0 fully saturated rings. The molecule has 1 aromatic heterocycles. The van der Waals surface area contributed by atoms with Gasteiger partial charge in [0.25, 0.3) is 11.8 Å². The van der Waals surface area contributed by atoms with Gasteiger partial charge in [0.15, 0.2) is 0 Å². The van der Waals surface area contributed by atoms with Gasteiger partial charge in [-0.05, 0) is 50.2 Å². The molecule has 6 heteroatoms. The lowest BCUT2D eigenvalue weighted by atomic mass is 10.1. The number of aliphatic hydroxyl groups is 1. The van der Waals surface area contributed by atoms with Crippen molar-refractivity contribution in [3.05, 3.63) is 59.5 Å². The summed E-state index contributed by atoms with van der Waals surface area (Å²) < 4.78 is 5.18. The first kappa shape index (κ1) is 16.8. The van der Waals surface area contributed by atoms with Gasteiger partial charge in [-0.2, -0.15) is 0 Å². The molecule has 2 amide bonds. The Labute approximate surface area is 134 Å². The number of furan rings is 1. The first-order valence-corrected chi connectivity index (χ1v) is 7.37. The quantitative estimate of drug-likeness (QED) is 0.759. The topological polar surface area (TPSA) is 91.6 Å². The fourth-order valence-electron chi connectivity index (χ4n) is 2.06. The molecule has 0 aliphatic rings. The van der Waals surface area contributed by atoms with Crippen LogP contribution in [0.25, 0.3) is 0 Å². The smallest absolute Gasteiger partial charge is 0.251 e. The highest BCUT2D eigenvalue weighted by molar-refractivity contribution is 5.98. The van der Waals surface area contributed by atoms with Crippen LogP contribution in [0, 0.1) is 0 Å². The maximum atomic E-state index is 12.2. The van der Waals surface area contributed by atoms with Gasteiger partial charge in [0.05, 0.1) is 12.9 Å². The Morgan fingerprint density at radius 2 is 1.61 bits per heavy atom. The highest BCUT2D eigenvalue weighted by Crippen LogP contribution is 2.14. The number of benzene rings is 1. The number of aliphatic hydroxyl groups excluding tert-OH is 1. The van der Waals surface area contributed by atoms with Crippen LogP contribution in [0.15, 0.2) is 47.1 Å². The van der Waals surface area contributed by atoms with E-state index in [2.05, 4.69) is 10.6 Å². The monoisotopic (exact) mass is 316 g/mol. The van der Waals surface area contributed by atoms with Gasteiger partial charge in [-0.3, -0.25) is 9.59 Å². The summed E-state index contributed by atoms with van der Waals surface area (Å²) in [6.45, 7) is 3.49. The Bertz CT molecular complexity index is 648. The zero-order chi connectivity index (χ0) is 16.8. The van der Waals surface area contributed by atoms with Gasteiger partial charge in [-0.1, -0.05) is 0 Å². The molecule has 23 heavy (non-hydrogen) atoms. The summed E-state index contributed by atoms with van der Waals surface area (Å²) in [6.07, 6.45) is 1.48. The second kappa shape index (κ2) is 7.60. The number of carbonyl (C=O) groups is 2. The minimum Gasteiger partial charge on any atom is -0.467 e.